The second-order valence-electron chi connectivity index (χ2n) is 12.2. The number of amides is 2. The van der Waals surface area contributed by atoms with Crippen LogP contribution >= 0.6 is 0 Å². The van der Waals surface area contributed by atoms with E-state index in [1.165, 1.54) is 19.3 Å². The van der Waals surface area contributed by atoms with E-state index in [0.29, 0.717) is 24.7 Å². The zero-order chi connectivity index (χ0) is 25.6. The monoisotopic (exact) mass is 486 g/mol. The zero-order valence-corrected chi connectivity index (χ0v) is 22.3. The van der Waals surface area contributed by atoms with Crippen molar-refractivity contribution in [3.05, 3.63) is 35.9 Å². The lowest BCUT2D eigenvalue weighted by atomic mass is 9.87. The maximum Gasteiger partial charge on any atom is 0.407 e. The Kier molecular flexibility index (Phi) is 9.62. The third-order valence-electron chi connectivity index (χ3n) is 7.52. The highest BCUT2D eigenvalue weighted by molar-refractivity contribution is 5.79. The number of nitrogens with one attached hydrogen (secondary N) is 2. The van der Waals surface area contributed by atoms with E-state index >= 15 is 0 Å². The van der Waals surface area contributed by atoms with Gasteiger partial charge in [0.05, 0.1) is 12.1 Å². The van der Waals surface area contributed by atoms with Crippen LogP contribution in [0.3, 0.4) is 0 Å². The Hall–Kier alpha value is -2.08. The minimum Gasteiger partial charge on any atom is -0.444 e. The Balaban J connectivity index is 1.69. The number of aliphatic hydroxyl groups excluding tert-OH is 1. The molecule has 6 atom stereocenters. The van der Waals surface area contributed by atoms with E-state index in [9.17, 15) is 14.7 Å². The molecule has 2 fully saturated rings. The van der Waals surface area contributed by atoms with Crippen molar-refractivity contribution in [3.8, 4) is 0 Å². The fraction of sp³-hybridized carbons (Fsp3) is 0.724. The van der Waals surface area contributed by atoms with Crippen LogP contribution in [0.5, 0.6) is 0 Å². The maximum atomic E-state index is 13.4. The molecule has 196 valence electrons. The van der Waals surface area contributed by atoms with E-state index in [2.05, 4.69) is 24.5 Å². The molecule has 0 aliphatic heterocycles. The highest BCUT2D eigenvalue weighted by Crippen LogP contribution is 2.44. The van der Waals surface area contributed by atoms with Crippen molar-refractivity contribution in [2.75, 3.05) is 0 Å². The third kappa shape index (κ3) is 8.82. The number of hydrogen-bond donors (Lipinski definition) is 3. The van der Waals surface area contributed by atoms with Crippen LogP contribution in [0.4, 0.5) is 4.79 Å². The van der Waals surface area contributed by atoms with Gasteiger partial charge in [0.1, 0.15) is 5.60 Å². The number of aliphatic hydroxyl groups is 1. The van der Waals surface area contributed by atoms with Gasteiger partial charge in [0, 0.05) is 12.0 Å². The van der Waals surface area contributed by atoms with Gasteiger partial charge in [0.15, 0.2) is 0 Å². The van der Waals surface area contributed by atoms with Crippen molar-refractivity contribution in [1.29, 1.82) is 0 Å². The lowest BCUT2D eigenvalue weighted by Gasteiger charge is -2.30. The lowest BCUT2D eigenvalue weighted by Crippen LogP contribution is -2.49. The molecular weight excluding hydrogens is 440 g/mol. The van der Waals surface area contributed by atoms with Crippen LogP contribution in [-0.4, -0.2) is 40.9 Å². The molecule has 2 amide bonds. The number of carbonyl (C=O) groups excluding carboxylic acids is 2. The summed E-state index contributed by atoms with van der Waals surface area (Å²) in [6.45, 7) is 9.76. The van der Waals surface area contributed by atoms with Crippen molar-refractivity contribution in [2.24, 2.45) is 23.7 Å². The van der Waals surface area contributed by atoms with Crippen molar-refractivity contribution >= 4 is 12.0 Å². The van der Waals surface area contributed by atoms with Crippen LogP contribution < -0.4 is 10.6 Å². The van der Waals surface area contributed by atoms with Gasteiger partial charge in [-0.3, -0.25) is 4.79 Å². The second kappa shape index (κ2) is 12.2. The van der Waals surface area contributed by atoms with E-state index in [0.717, 1.165) is 30.7 Å². The Labute approximate surface area is 211 Å². The SMILES string of the molecule is CC(C)CC[C@H](C[C@@H](O)[C@H](Cc1ccccc1)NC(=O)OC(C)(C)C)C(=O)NC1CC2CCC1C2. The van der Waals surface area contributed by atoms with Crippen molar-refractivity contribution in [1.82, 2.24) is 10.6 Å². The van der Waals surface area contributed by atoms with Crippen molar-refractivity contribution in [3.63, 3.8) is 0 Å². The molecule has 35 heavy (non-hydrogen) atoms. The summed E-state index contributed by atoms with van der Waals surface area (Å²) in [6.07, 6.45) is 5.84. The Morgan fingerprint density at radius 3 is 2.37 bits per heavy atom. The normalized spacial score (nSPS) is 24.1. The van der Waals surface area contributed by atoms with E-state index in [1.54, 1.807) is 0 Å². The predicted molar refractivity (Wildman–Crippen MR) is 139 cm³/mol. The minimum atomic E-state index is -0.870. The van der Waals surface area contributed by atoms with Crippen molar-refractivity contribution in [2.45, 2.75) is 110 Å². The van der Waals surface area contributed by atoms with Gasteiger partial charge in [-0.15, -0.1) is 0 Å². The largest absolute Gasteiger partial charge is 0.444 e. The molecule has 6 heteroatoms. The molecule has 0 spiro atoms. The van der Waals surface area contributed by atoms with Crippen LogP contribution in [0, 0.1) is 23.7 Å². The summed E-state index contributed by atoms with van der Waals surface area (Å²) < 4.78 is 5.46. The molecule has 1 aromatic rings. The number of carbonyl (C=O) groups is 2. The predicted octanol–water partition coefficient (Wildman–Crippen LogP) is 5.23. The van der Waals surface area contributed by atoms with Crippen LogP contribution in [0.2, 0.25) is 0 Å². The van der Waals surface area contributed by atoms with Gasteiger partial charge in [-0.05, 0) is 82.6 Å². The minimum absolute atomic E-state index is 0.0537. The number of benzene rings is 1. The van der Waals surface area contributed by atoms with Crippen LogP contribution in [0.15, 0.2) is 30.3 Å². The number of hydrogen-bond acceptors (Lipinski definition) is 4. The molecule has 0 aromatic heterocycles. The average molecular weight is 487 g/mol. The van der Waals surface area contributed by atoms with Gasteiger partial charge in [-0.2, -0.15) is 0 Å². The highest BCUT2D eigenvalue weighted by atomic mass is 16.6. The summed E-state index contributed by atoms with van der Waals surface area (Å²) in [6, 6.07) is 9.52. The smallest absolute Gasteiger partial charge is 0.407 e. The molecule has 2 saturated carbocycles. The highest BCUT2D eigenvalue weighted by Gasteiger charge is 2.41. The van der Waals surface area contributed by atoms with Crippen molar-refractivity contribution < 1.29 is 19.4 Å². The molecule has 0 saturated heterocycles. The summed E-state index contributed by atoms with van der Waals surface area (Å²) >= 11 is 0. The number of fused-ring (bicyclic) bond motifs is 2. The quantitative estimate of drug-likeness (QED) is 0.400. The molecule has 0 heterocycles. The first kappa shape index (κ1) is 27.5. The molecule has 6 nitrogen and oxygen atoms in total. The van der Waals surface area contributed by atoms with Crippen LogP contribution in [-0.2, 0) is 16.0 Å². The summed E-state index contributed by atoms with van der Waals surface area (Å²) in [7, 11) is 0. The van der Waals surface area contributed by atoms with Gasteiger partial charge < -0.3 is 20.5 Å². The molecule has 2 aliphatic carbocycles. The Bertz CT molecular complexity index is 820. The van der Waals surface area contributed by atoms with Gasteiger partial charge in [-0.1, -0.05) is 57.0 Å². The fourth-order valence-corrected chi connectivity index (χ4v) is 5.68. The molecular formula is C29H46N2O4. The summed E-state index contributed by atoms with van der Waals surface area (Å²) in [4.78, 5) is 26.0. The standard InChI is InChI=1S/C29H46N2O4/c1-19(2)11-13-23(27(33)30-24-17-21-12-14-22(24)15-21)18-26(32)25(16-20-9-7-6-8-10-20)31-28(34)35-29(3,4)5/h6-10,19,21-26,32H,11-18H2,1-5H3,(H,30,33)(H,31,34)/t21?,22?,23-,24?,25+,26-/m1/s1. The molecule has 0 radical (unpaired) electrons. The zero-order valence-electron chi connectivity index (χ0n) is 22.3. The Morgan fingerprint density at radius 1 is 1.09 bits per heavy atom. The molecule has 2 bridgehead atoms. The van der Waals surface area contributed by atoms with Crippen LogP contribution in [0.25, 0.3) is 0 Å². The Morgan fingerprint density at radius 2 is 1.80 bits per heavy atom. The maximum absolute atomic E-state index is 13.4. The molecule has 3 N–H and O–H groups in total. The van der Waals surface area contributed by atoms with Crippen LogP contribution in [0.1, 0.15) is 85.1 Å². The van der Waals surface area contributed by atoms with Gasteiger partial charge in [0.2, 0.25) is 5.91 Å². The topological polar surface area (TPSA) is 87.7 Å². The lowest BCUT2D eigenvalue weighted by molar-refractivity contribution is -0.127. The number of ether oxygens (including phenoxy) is 1. The van der Waals surface area contributed by atoms with E-state index < -0.39 is 23.8 Å². The summed E-state index contributed by atoms with van der Waals surface area (Å²) in [5.74, 6) is 1.62. The van der Waals surface area contributed by atoms with Gasteiger partial charge in [-0.25, -0.2) is 4.79 Å². The molecule has 3 rings (SSSR count). The molecule has 1 aromatic carbocycles. The van der Waals surface area contributed by atoms with Gasteiger partial charge >= 0.3 is 6.09 Å². The molecule has 2 aliphatic rings. The number of alkyl carbamates (subject to hydrolysis) is 1. The summed E-state index contributed by atoms with van der Waals surface area (Å²) in [5, 5.41) is 17.5. The third-order valence-corrected chi connectivity index (χ3v) is 7.52. The van der Waals surface area contributed by atoms with E-state index in [4.69, 9.17) is 4.74 Å². The number of rotatable bonds is 11. The first-order chi connectivity index (χ1) is 16.5. The van der Waals surface area contributed by atoms with Gasteiger partial charge in [0.25, 0.3) is 0 Å². The second-order valence-corrected chi connectivity index (χ2v) is 12.2. The molecule has 3 unspecified atom stereocenters. The average Bonchev–Trinajstić information content (AvgIpc) is 3.38. The summed E-state index contributed by atoms with van der Waals surface area (Å²) in [5.41, 5.74) is 0.380. The first-order valence-corrected chi connectivity index (χ1v) is 13.5. The van der Waals surface area contributed by atoms with E-state index in [1.807, 2.05) is 51.1 Å². The van der Waals surface area contributed by atoms with E-state index in [-0.39, 0.29) is 17.9 Å². The fourth-order valence-electron chi connectivity index (χ4n) is 5.68. The first-order valence-electron chi connectivity index (χ1n) is 13.5.